The summed E-state index contributed by atoms with van der Waals surface area (Å²) in [7, 11) is 0. The highest BCUT2D eigenvalue weighted by atomic mass is 16.5. The summed E-state index contributed by atoms with van der Waals surface area (Å²) in [4.78, 5) is 17.2. The van der Waals surface area contributed by atoms with Crippen LogP contribution in [0.5, 0.6) is 0 Å². The molecule has 7 aliphatic carbocycles. The van der Waals surface area contributed by atoms with Crippen LogP contribution in [0.1, 0.15) is 87.9 Å². The SMILES string of the molecule is C1=CCCC(C2NC(C3C=CC=CC3)=NC(C3C=C(N4C5CCCC=C5C5C6=C(CCC54)C4C=CC=CC4O6)C=NC3N3C4=CCCCC4C4c5oc6ccccc6c5C=CC43)N2)=C1. The van der Waals surface area contributed by atoms with Crippen molar-refractivity contribution < 1.29 is 9.15 Å². The molecular formula is C56H58N6O2. The molecule has 2 saturated heterocycles. The molecule has 6 heterocycles. The van der Waals surface area contributed by atoms with E-state index < -0.39 is 0 Å². The first-order valence-electron chi connectivity index (χ1n) is 24.7. The van der Waals surface area contributed by atoms with Gasteiger partial charge in [-0.15, -0.1) is 0 Å². The van der Waals surface area contributed by atoms with E-state index in [1.807, 2.05) is 0 Å². The standard InChI is InChI=1S/C56H58N6O2/c1-3-15-33(16-4-1)53-58-54(34-17-5-2-6-18-34)60-55(59-53)42-31-35(61-43-23-11-7-21-40(43)49-45(61)29-27-38-36-19-9-13-25-47(36)63-51(38)49)32-57-56(42)62-44-24-12-8-22-41(44)50-46(62)30-28-39-37-20-10-14-26-48(37)64-52(39)50/h1-5,9-10,13-15,17,19-21,24-26,28,30-33,36,41-43,45-47,49-50,54-56,60H,6-8,11-12,16,18,22-23,27,29H2,(H,58,59). The highest BCUT2D eigenvalue weighted by Gasteiger charge is 2.56. The van der Waals surface area contributed by atoms with E-state index in [4.69, 9.17) is 19.1 Å². The molecule has 5 aliphatic heterocycles. The number of nitrogens with zero attached hydrogens (tertiary/aromatic N) is 4. The topological polar surface area (TPSA) is 77.6 Å². The van der Waals surface area contributed by atoms with Gasteiger partial charge in [0.05, 0.1) is 35.5 Å². The minimum atomic E-state index is -0.193. The van der Waals surface area contributed by atoms with Crippen LogP contribution in [-0.2, 0) is 4.74 Å². The number of nitrogens with one attached hydrogen (secondary N) is 2. The van der Waals surface area contributed by atoms with Gasteiger partial charge in [-0.25, -0.2) is 0 Å². The maximum Gasteiger partial charge on any atom is 0.134 e. The van der Waals surface area contributed by atoms with Crippen LogP contribution in [0.15, 0.2) is 164 Å². The summed E-state index contributed by atoms with van der Waals surface area (Å²) in [5.74, 6) is 4.98. The Labute approximate surface area is 376 Å². The molecule has 2 fully saturated rings. The van der Waals surface area contributed by atoms with Crippen molar-refractivity contribution in [2.45, 2.75) is 119 Å². The number of allylic oxidation sites excluding steroid dienone is 12. The molecule has 0 bridgehead atoms. The van der Waals surface area contributed by atoms with Gasteiger partial charge in [-0.3, -0.25) is 15.3 Å². The summed E-state index contributed by atoms with van der Waals surface area (Å²) in [6.07, 6.45) is 51.8. The monoisotopic (exact) mass is 846 g/mol. The van der Waals surface area contributed by atoms with E-state index >= 15 is 0 Å². The predicted octanol–water partition coefficient (Wildman–Crippen LogP) is 10.4. The maximum absolute atomic E-state index is 6.99. The second-order valence-corrected chi connectivity index (χ2v) is 20.2. The number of benzene rings is 1. The molecule has 2 aromatic rings. The van der Waals surface area contributed by atoms with E-state index in [1.54, 1.807) is 11.1 Å². The minimum absolute atomic E-state index is 0.00952. The van der Waals surface area contributed by atoms with Crippen molar-refractivity contribution in [1.29, 1.82) is 0 Å². The van der Waals surface area contributed by atoms with Gasteiger partial charge in [0.15, 0.2) is 0 Å². The maximum atomic E-state index is 6.99. The zero-order valence-corrected chi connectivity index (χ0v) is 36.5. The number of furan rings is 1. The third-order valence-electron chi connectivity index (χ3n) is 16.9. The summed E-state index contributed by atoms with van der Waals surface area (Å²) in [6, 6.07) is 9.44. The summed E-state index contributed by atoms with van der Waals surface area (Å²) in [5, 5.41) is 9.32. The Morgan fingerprint density at radius 2 is 1.77 bits per heavy atom. The Morgan fingerprint density at radius 1 is 0.844 bits per heavy atom. The Balaban J connectivity index is 0.896. The lowest BCUT2D eigenvalue weighted by Gasteiger charge is -2.45. The van der Waals surface area contributed by atoms with E-state index in [-0.39, 0.29) is 48.4 Å². The van der Waals surface area contributed by atoms with E-state index in [0.717, 1.165) is 68.5 Å². The van der Waals surface area contributed by atoms with Crippen LogP contribution in [-0.4, -0.2) is 64.6 Å². The molecule has 1 aromatic heterocycles. The third kappa shape index (κ3) is 5.76. The highest BCUT2D eigenvalue weighted by Crippen LogP contribution is 2.58. The number of dihydropyridines is 1. The number of fused-ring (bicyclic) bond motifs is 13. The Kier molecular flexibility index (Phi) is 8.83. The number of rotatable bonds is 5. The summed E-state index contributed by atoms with van der Waals surface area (Å²) < 4.78 is 13.9. The molecular weight excluding hydrogens is 789 g/mol. The van der Waals surface area contributed by atoms with Crippen LogP contribution < -0.4 is 10.6 Å². The van der Waals surface area contributed by atoms with Crippen LogP contribution >= 0.6 is 0 Å². The van der Waals surface area contributed by atoms with E-state index in [1.165, 1.54) is 52.9 Å². The number of hydrogen-bond donors (Lipinski definition) is 2. The molecule has 1 aromatic carbocycles. The highest BCUT2D eigenvalue weighted by molar-refractivity contribution is 5.90. The fraction of sp³-hybridized carbons (Fsp3) is 0.429. The molecule has 0 radical (unpaired) electrons. The number of likely N-dealkylation sites (tertiary alicyclic amines) is 2. The summed E-state index contributed by atoms with van der Waals surface area (Å²) >= 11 is 0. The molecule has 2 N–H and O–H groups in total. The number of hydrogen-bond acceptors (Lipinski definition) is 8. The lowest BCUT2D eigenvalue weighted by molar-refractivity contribution is 0.128. The van der Waals surface area contributed by atoms with Gasteiger partial charge in [0.1, 0.15) is 47.5 Å². The first kappa shape index (κ1) is 37.7. The molecule has 324 valence electrons. The van der Waals surface area contributed by atoms with Crippen molar-refractivity contribution in [3.63, 3.8) is 0 Å². The lowest BCUT2D eigenvalue weighted by Crippen LogP contribution is -2.61. The minimum Gasteiger partial charge on any atom is -0.489 e. The van der Waals surface area contributed by atoms with Crippen molar-refractivity contribution in [2.75, 3.05) is 0 Å². The molecule has 64 heavy (non-hydrogen) atoms. The molecule has 0 amide bonds. The van der Waals surface area contributed by atoms with E-state index in [0.29, 0.717) is 29.8 Å². The molecule has 12 aliphatic rings. The lowest BCUT2D eigenvalue weighted by atomic mass is 9.76. The quantitative estimate of drug-likeness (QED) is 0.292. The third-order valence-corrected chi connectivity index (χ3v) is 16.9. The molecule has 14 rings (SSSR count). The van der Waals surface area contributed by atoms with Crippen molar-refractivity contribution in [1.82, 2.24) is 20.4 Å². The molecule has 8 nitrogen and oxygen atoms in total. The molecule has 13 atom stereocenters. The van der Waals surface area contributed by atoms with Gasteiger partial charge in [-0.2, -0.15) is 0 Å². The van der Waals surface area contributed by atoms with E-state index in [9.17, 15) is 0 Å². The van der Waals surface area contributed by atoms with Gasteiger partial charge in [0.25, 0.3) is 0 Å². The van der Waals surface area contributed by atoms with Crippen molar-refractivity contribution >= 4 is 29.1 Å². The second kappa shape index (κ2) is 15.0. The fourth-order valence-electron chi connectivity index (χ4n) is 14.2. The van der Waals surface area contributed by atoms with Crippen LogP contribution in [0.4, 0.5) is 0 Å². The van der Waals surface area contributed by atoms with Gasteiger partial charge < -0.3 is 24.3 Å². The molecule has 0 saturated carbocycles. The van der Waals surface area contributed by atoms with Crippen molar-refractivity contribution in [2.24, 2.45) is 39.6 Å². The number of ether oxygens (including phenoxy) is 1. The number of para-hydroxylation sites is 1. The Bertz CT molecular complexity index is 2710. The van der Waals surface area contributed by atoms with Gasteiger partial charge >= 0.3 is 0 Å². The van der Waals surface area contributed by atoms with Gasteiger partial charge in [0.2, 0.25) is 0 Å². The Hall–Kier alpha value is -5.60. The van der Waals surface area contributed by atoms with Gasteiger partial charge in [0, 0.05) is 46.7 Å². The number of amidine groups is 1. The van der Waals surface area contributed by atoms with Gasteiger partial charge in [-0.05, 0) is 106 Å². The summed E-state index contributed by atoms with van der Waals surface area (Å²) in [6.45, 7) is 0. The van der Waals surface area contributed by atoms with Gasteiger partial charge in [-0.1, -0.05) is 103 Å². The van der Waals surface area contributed by atoms with Crippen molar-refractivity contribution in [3.8, 4) is 0 Å². The number of aliphatic imine (C=N–C) groups is 2. The predicted molar refractivity (Wildman–Crippen MR) is 255 cm³/mol. The largest absolute Gasteiger partial charge is 0.489 e. The zero-order chi connectivity index (χ0) is 41.9. The Morgan fingerprint density at radius 3 is 2.70 bits per heavy atom. The smallest absolute Gasteiger partial charge is 0.134 e. The average Bonchev–Trinajstić information content (AvgIpc) is 4.12. The van der Waals surface area contributed by atoms with Crippen molar-refractivity contribution in [3.05, 3.63) is 161 Å². The molecule has 8 heteroatoms. The second-order valence-electron chi connectivity index (χ2n) is 20.2. The zero-order valence-electron chi connectivity index (χ0n) is 36.5. The van der Waals surface area contributed by atoms with Crippen LogP contribution in [0.2, 0.25) is 0 Å². The molecule has 0 spiro atoms. The normalized spacial score (nSPS) is 38.5. The van der Waals surface area contributed by atoms with Crippen LogP contribution in [0.25, 0.3) is 17.0 Å². The molecule has 13 unspecified atom stereocenters. The first-order valence-corrected chi connectivity index (χ1v) is 24.7. The summed E-state index contributed by atoms with van der Waals surface area (Å²) in [5.41, 5.74) is 9.50. The fourth-order valence-corrected chi connectivity index (χ4v) is 14.2. The average molecular weight is 847 g/mol. The first-order chi connectivity index (χ1) is 31.7. The van der Waals surface area contributed by atoms with E-state index in [2.05, 4.69) is 148 Å². The van der Waals surface area contributed by atoms with Crippen LogP contribution in [0, 0.1) is 29.6 Å². The van der Waals surface area contributed by atoms with Crippen LogP contribution in [0.3, 0.4) is 0 Å².